The first-order chi connectivity index (χ1) is 11.0. The molecule has 0 aliphatic carbocycles. The Labute approximate surface area is 134 Å². The van der Waals surface area contributed by atoms with E-state index in [0.29, 0.717) is 25.9 Å². The quantitative estimate of drug-likeness (QED) is 0.833. The van der Waals surface area contributed by atoms with Crippen molar-refractivity contribution < 1.29 is 23.0 Å². The minimum Gasteiger partial charge on any atom is -0.488 e. The Bertz CT molecular complexity index is 548. The van der Waals surface area contributed by atoms with Gasteiger partial charge in [-0.1, -0.05) is 0 Å². The minimum atomic E-state index is -0.833. The number of nitrogens with one attached hydrogen (secondary N) is 2. The Morgan fingerprint density at radius 2 is 2.09 bits per heavy atom. The maximum Gasteiger partial charge on any atom is 0.252 e. The lowest BCUT2D eigenvalue weighted by atomic mass is 9.91. The van der Waals surface area contributed by atoms with Gasteiger partial charge in [0.2, 0.25) is 0 Å². The number of halogens is 2. The third-order valence-electron chi connectivity index (χ3n) is 3.98. The highest BCUT2D eigenvalue weighted by molar-refractivity contribution is 5.85. The van der Waals surface area contributed by atoms with Crippen LogP contribution in [-0.4, -0.2) is 44.4 Å². The van der Waals surface area contributed by atoms with Gasteiger partial charge in [-0.15, -0.1) is 0 Å². The summed E-state index contributed by atoms with van der Waals surface area (Å²) >= 11 is 0. The highest BCUT2D eigenvalue weighted by atomic mass is 19.1. The summed E-state index contributed by atoms with van der Waals surface area (Å²) < 4.78 is 37.1. The Morgan fingerprint density at radius 3 is 2.70 bits per heavy atom. The number of ether oxygens (including phenoxy) is 2. The van der Waals surface area contributed by atoms with Crippen LogP contribution in [0.15, 0.2) is 18.2 Å². The summed E-state index contributed by atoms with van der Waals surface area (Å²) in [5, 5.41) is 6.01. The van der Waals surface area contributed by atoms with E-state index in [-0.39, 0.29) is 24.3 Å². The molecule has 1 amide bonds. The molecule has 2 rings (SSSR count). The molecule has 23 heavy (non-hydrogen) atoms. The lowest BCUT2D eigenvalue weighted by Gasteiger charge is -2.35. The van der Waals surface area contributed by atoms with Crippen LogP contribution in [0, 0.1) is 11.6 Å². The Kier molecular flexibility index (Phi) is 5.90. The second-order valence-electron chi connectivity index (χ2n) is 5.71. The number of benzene rings is 1. The van der Waals surface area contributed by atoms with Gasteiger partial charge in [0.05, 0.1) is 6.04 Å². The van der Waals surface area contributed by atoms with Gasteiger partial charge in [-0.25, -0.2) is 8.78 Å². The molecule has 0 bridgehead atoms. The van der Waals surface area contributed by atoms with Crippen molar-refractivity contribution in [3.05, 3.63) is 29.8 Å². The van der Waals surface area contributed by atoms with Crippen LogP contribution in [0.1, 0.15) is 19.8 Å². The largest absolute Gasteiger partial charge is 0.488 e. The van der Waals surface area contributed by atoms with Crippen LogP contribution in [-0.2, 0) is 9.53 Å². The van der Waals surface area contributed by atoms with Crippen molar-refractivity contribution >= 4 is 5.91 Å². The van der Waals surface area contributed by atoms with Gasteiger partial charge in [0.1, 0.15) is 18.0 Å². The molecule has 1 saturated heterocycles. The molecule has 1 aliphatic heterocycles. The SMILES string of the molecule is COC1(C(=O)NC(C)COc2ccc(F)cc2F)CCNCC1. The molecule has 5 nitrogen and oxygen atoms in total. The topological polar surface area (TPSA) is 59.6 Å². The maximum atomic E-state index is 13.5. The molecule has 128 valence electrons. The van der Waals surface area contributed by atoms with E-state index in [2.05, 4.69) is 10.6 Å². The smallest absolute Gasteiger partial charge is 0.252 e. The summed E-state index contributed by atoms with van der Waals surface area (Å²) in [5.74, 6) is -1.67. The van der Waals surface area contributed by atoms with Gasteiger partial charge in [0.15, 0.2) is 11.6 Å². The summed E-state index contributed by atoms with van der Waals surface area (Å²) in [5.41, 5.74) is -0.833. The monoisotopic (exact) mass is 328 g/mol. The number of hydrogen-bond acceptors (Lipinski definition) is 4. The number of amides is 1. The first-order valence-electron chi connectivity index (χ1n) is 7.61. The van der Waals surface area contributed by atoms with E-state index in [1.165, 1.54) is 13.2 Å². The Hall–Kier alpha value is -1.73. The van der Waals surface area contributed by atoms with Gasteiger partial charge >= 0.3 is 0 Å². The first kappa shape index (κ1) is 17.6. The van der Waals surface area contributed by atoms with Crippen LogP contribution < -0.4 is 15.4 Å². The second kappa shape index (κ2) is 7.70. The van der Waals surface area contributed by atoms with Crippen LogP contribution in [0.2, 0.25) is 0 Å². The number of piperidine rings is 1. The average molecular weight is 328 g/mol. The molecule has 0 saturated carbocycles. The zero-order valence-corrected chi connectivity index (χ0v) is 13.3. The lowest BCUT2D eigenvalue weighted by Crippen LogP contribution is -2.56. The molecule has 0 radical (unpaired) electrons. The maximum absolute atomic E-state index is 13.5. The number of hydrogen-bond donors (Lipinski definition) is 2. The van der Waals surface area contributed by atoms with Gasteiger partial charge in [0, 0.05) is 13.2 Å². The molecule has 1 aromatic rings. The molecular weight excluding hydrogens is 306 g/mol. The van der Waals surface area contributed by atoms with Crippen molar-refractivity contribution in [2.75, 3.05) is 26.8 Å². The number of rotatable bonds is 6. The van der Waals surface area contributed by atoms with Crippen molar-refractivity contribution in [3.8, 4) is 5.75 Å². The third-order valence-corrected chi connectivity index (χ3v) is 3.98. The van der Waals surface area contributed by atoms with Crippen molar-refractivity contribution in [2.24, 2.45) is 0 Å². The van der Waals surface area contributed by atoms with Crippen molar-refractivity contribution in [1.29, 1.82) is 0 Å². The molecule has 1 fully saturated rings. The van der Waals surface area contributed by atoms with Crippen LogP contribution in [0.4, 0.5) is 8.78 Å². The van der Waals surface area contributed by atoms with E-state index >= 15 is 0 Å². The van der Waals surface area contributed by atoms with E-state index in [0.717, 1.165) is 12.1 Å². The van der Waals surface area contributed by atoms with Crippen LogP contribution in [0.3, 0.4) is 0 Å². The third kappa shape index (κ3) is 4.39. The summed E-state index contributed by atoms with van der Waals surface area (Å²) in [4.78, 5) is 12.4. The van der Waals surface area contributed by atoms with Crippen LogP contribution in [0.5, 0.6) is 5.75 Å². The first-order valence-corrected chi connectivity index (χ1v) is 7.61. The van der Waals surface area contributed by atoms with Gasteiger partial charge in [-0.05, 0) is 45.0 Å². The number of carbonyl (C=O) groups excluding carboxylic acids is 1. The fourth-order valence-corrected chi connectivity index (χ4v) is 2.56. The predicted molar refractivity (Wildman–Crippen MR) is 81.3 cm³/mol. The minimum absolute atomic E-state index is 0.0455. The standard InChI is InChI=1S/C16H22F2N2O3/c1-11(10-23-14-4-3-12(17)9-13(14)18)20-15(21)16(22-2)5-7-19-8-6-16/h3-4,9,11,19H,5-8,10H2,1-2H3,(H,20,21). The average Bonchev–Trinajstić information content (AvgIpc) is 2.54. The number of carbonyl (C=O) groups is 1. The molecule has 7 heteroatoms. The highest BCUT2D eigenvalue weighted by Crippen LogP contribution is 2.23. The molecule has 1 atom stereocenters. The molecule has 1 unspecified atom stereocenters. The number of methoxy groups -OCH3 is 1. The Balaban J connectivity index is 1.88. The Morgan fingerprint density at radius 1 is 1.39 bits per heavy atom. The lowest BCUT2D eigenvalue weighted by molar-refractivity contribution is -0.147. The molecule has 2 N–H and O–H groups in total. The van der Waals surface area contributed by atoms with Gasteiger partial charge < -0.3 is 20.1 Å². The summed E-state index contributed by atoms with van der Waals surface area (Å²) in [6.45, 7) is 3.26. The van der Waals surface area contributed by atoms with Gasteiger partial charge in [-0.3, -0.25) is 4.79 Å². The second-order valence-corrected chi connectivity index (χ2v) is 5.71. The summed E-state index contributed by atoms with van der Waals surface area (Å²) in [7, 11) is 1.53. The van der Waals surface area contributed by atoms with E-state index in [1.54, 1.807) is 6.92 Å². The predicted octanol–water partition coefficient (Wildman–Crippen LogP) is 1.62. The van der Waals surface area contributed by atoms with E-state index in [9.17, 15) is 13.6 Å². The molecule has 1 heterocycles. The molecule has 0 spiro atoms. The van der Waals surface area contributed by atoms with E-state index < -0.39 is 17.2 Å². The van der Waals surface area contributed by atoms with Crippen molar-refractivity contribution in [2.45, 2.75) is 31.4 Å². The summed E-state index contributed by atoms with van der Waals surface area (Å²) in [6, 6.07) is 2.76. The van der Waals surface area contributed by atoms with Gasteiger partial charge in [0.25, 0.3) is 5.91 Å². The fraction of sp³-hybridized carbons (Fsp3) is 0.562. The van der Waals surface area contributed by atoms with E-state index in [1.807, 2.05) is 0 Å². The molecule has 0 aromatic heterocycles. The fourth-order valence-electron chi connectivity index (χ4n) is 2.56. The van der Waals surface area contributed by atoms with Crippen molar-refractivity contribution in [3.63, 3.8) is 0 Å². The highest BCUT2D eigenvalue weighted by Gasteiger charge is 2.40. The van der Waals surface area contributed by atoms with Crippen LogP contribution in [0.25, 0.3) is 0 Å². The molecular formula is C16H22F2N2O3. The molecule has 1 aliphatic rings. The zero-order chi connectivity index (χ0) is 16.9. The normalized spacial score (nSPS) is 18.3. The van der Waals surface area contributed by atoms with Gasteiger partial charge in [-0.2, -0.15) is 0 Å². The zero-order valence-electron chi connectivity index (χ0n) is 13.3. The molecule has 1 aromatic carbocycles. The van der Waals surface area contributed by atoms with Crippen LogP contribution >= 0.6 is 0 Å². The van der Waals surface area contributed by atoms with E-state index in [4.69, 9.17) is 9.47 Å². The summed E-state index contributed by atoms with van der Waals surface area (Å²) in [6.07, 6.45) is 1.19. The van der Waals surface area contributed by atoms with Crippen molar-refractivity contribution in [1.82, 2.24) is 10.6 Å².